The molecule has 0 aliphatic heterocycles. The highest BCUT2D eigenvalue weighted by atomic mass is 16.1. The third kappa shape index (κ3) is 2.48. The summed E-state index contributed by atoms with van der Waals surface area (Å²) >= 11 is 0. The maximum atomic E-state index is 12.0. The van der Waals surface area contributed by atoms with Crippen molar-refractivity contribution >= 4 is 5.78 Å². The van der Waals surface area contributed by atoms with Crippen molar-refractivity contribution in [2.45, 2.75) is 13.3 Å². The van der Waals surface area contributed by atoms with Crippen molar-refractivity contribution < 1.29 is 4.79 Å². The van der Waals surface area contributed by atoms with Gasteiger partial charge >= 0.3 is 0 Å². The lowest BCUT2D eigenvalue weighted by atomic mass is 9.85. The molecule has 0 aromatic heterocycles. The molecule has 0 saturated heterocycles. The molecule has 0 fully saturated rings. The predicted octanol–water partition coefficient (Wildman–Crippen LogP) is 3.64. The Bertz CT molecular complexity index is 414. The number of benzene rings is 1. The number of hydrogen-bond donors (Lipinski definition) is 0. The molecule has 82 valence electrons. The minimum atomic E-state index is 0.234. The molecule has 16 heavy (non-hydrogen) atoms. The van der Waals surface area contributed by atoms with Crippen LogP contribution in [0.2, 0.25) is 0 Å². The molecule has 1 aromatic rings. The van der Waals surface area contributed by atoms with Crippen LogP contribution in [0.5, 0.6) is 0 Å². The van der Waals surface area contributed by atoms with E-state index in [0.717, 1.165) is 5.56 Å². The van der Waals surface area contributed by atoms with Crippen LogP contribution >= 0.6 is 0 Å². The van der Waals surface area contributed by atoms with Gasteiger partial charge in [0.15, 0.2) is 5.78 Å². The van der Waals surface area contributed by atoms with Crippen LogP contribution in [0.15, 0.2) is 54.6 Å². The molecule has 1 heteroatoms. The molecule has 1 aromatic carbocycles. The number of ketones is 1. The highest BCUT2D eigenvalue weighted by Gasteiger charge is 2.18. The molecule has 1 aliphatic carbocycles. The number of allylic oxidation sites excluding steroid dienone is 4. The van der Waals surface area contributed by atoms with Gasteiger partial charge in [-0.2, -0.15) is 0 Å². The number of rotatable bonds is 3. The van der Waals surface area contributed by atoms with E-state index < -0.39 is 0 Å². The number of hydrogen-bond acceptors (Lipinski definition) is 1. The summed E-state index contributed by atoms with van der Waals surface area (Å²) in [5.74, 6) is 1.03. The summed E-state index contributed by atoms with van der Waals surface area (Å²) in [6, 6.07) is 9.52. The lowest BCUT2D eigenvalue weighted by Gasteiger charge is -2.19. The molecule has 0 bridgehead atoms. The van der Waals surface area contributed by atoms with E-state index in [0.29, 0.717) is 18.3 Å². The third-order valence-corrected chi connectivity index (χ3v) is 3.08. The average molecular weight is 212 g/mol. The molecule has 2 unspecified atom stereocenters. The number of carbonyl (C=O) groups is 1. The first-order valence-corrected chi connectivity index (χ1v) is 5.70. The molecule has 0 amide bonds. The highest BCUT2D eigenvalue weighted by molar-refractivity contribution is 5.96. The minimum absolute atomic E-state index is 0.234. The Balaban J connectivity index is 2.03. The van der Waals surface area contributed by atoms with E-state index in [4.69, 9.17) is 0 Å². The molecule has 0 spiro atoms. The van der Waals surface area contributed by atoms with Gasteiger partial charge in [0, 0.05) is 12.0 Å². The summed E-state index contributed by atoms with van der Waals surface area (Å²) < 4.78 is 0. The SMILES string of the molecule is CC1C=CC=CC1CC(=O)c1ccccc1. The van der Waals surface area contributed by atoms with Gasteiger partial charge in [0.25, 0.3) is 0 Å². The van der Waals surface area contributed by atoms with Gasteiger partial charge in [-0.3, -0.25) is 4.79 Å². The molecule has 0 heterocycles. The summed E-state index contributed by atoms with van der Waals surface area (Å²) in [7, 11) is 0. The molecular formula is C15H16O. The van der Waals surface area contributed by atoms with Crippen LogP contribution in [-0.4, -0.2) is 5.78 Å². The normalized spacial score (nSPS) is 23.3. The van der Waals surface area contributed by atoms with Crippen LogP contribution in [0.3, 0.4) is 0 Å². The van der Waals surface area contributed by atoms with Gasteiger partial charge in [-0.05, 0) is 11.8 Å². The van der Waals surface area contributed by atoms with Gasteiger partial charge in [-0.15, -0.1) is 0 Å². The topological polar surface area (TPSA) is 17.1 Å². The Hall–Kier alpha value is -1.63. The second kappa shape index (κ2) is 4.93. The Morgan fingerprint density at radius 1 is 1.12 bits per heavy atom. The Labute approximate surface area is 96.5 Å². The minimum Gasteiger partial charge on any atom is -0.294 e. The van der Waals surface area contributed by atoms with Gasteiger partial charge in [0.05, 0.1) is 0 Å². The van der Waals surface area contributed by atoms with Crippen LogP contribution in [0.1, 0.15) is 23.7 Å². The van der Waals surface area contributed by atoms with Crippen molar-refractivity contribution in [3.8, 4) is 0 Å². The monoisotopic (exact) mass is 212 g/mol. The van der Waals surface area contributed by atoms with E-state index in [9.17, 15) is 4.79 Å². The molecule has 0 radical (unpaired) electrons. The van der Waals surface area contributed by atoms with Gasteiger partial charge < -0.3 is 0 Å². The standard InChI is InChI=1S/C15H16O/c1-12-7-5-6-10-14(12)11-15(16)13-8-3-2-4-9-13/h2-10,12,14H,11H2,1H3. The van der Waals surface area contributed by atoms with Crippen molar-refractivity contribution in [2.24, 2.45) is 11.8 Å². The second-order valence-corrected chi connectivity index (χ2v) is 4.29. The van der Waals surface area contributed by atoms with Crippen molar-refractivity contribution in [1.29, 1.82) is 0 Å². The number of carbonyl (C=O) groups excluding carboxylic acids is 1. The van der Waals surface area contributed by atoms with Gasteiger partial charge in [0.1, 0.15) is 0 Å². The first kappa shape index (κ1) is 10.9. The van der Waals surface area contributed by atoms with Crippen LogP contribution in [0.4, 0.5) is 0 Å². The molecule has 2 atom stereocenters. The summed E-state index contributed by atoms with van der Waals surface area (Å²) in [6.45, 7) is 2.16. The van der Waals surface area contributed by atoms with Crippen molar-refractivity contribution in [2.75, 3.05) is 0 Å². The second-order valence-electron chi connectivity index (χ2n) is 4.29. The smallest absolute Gasteiger partial charge is 0.163 e. The van der Waals surface area contributed by atoms with E-state index in [2.05, 4.69) is 19.1 Å². The average Bonchev–Trinajstić information content (AvgIpc) is 2.33. The maximum Gasteiger partial charge on any atom is 0.163 e. The highest BCUT2D eigenvalue weighted by Crippen LogP contribution is 2.23. The molecule has 1 nitrogen and oxygen atoms in total. The van der Waals surface area contributed by atoms with Gasteiger partial charge in [0.2, 0.25) is 0 Å². The third-order valence-electron chi connectivity index (χ3n) is 3.08. The lowest BCUT2D eigenvalue weighted by molar-refractivity contribution is 0.0962. The zero-order valence-corrected chi connectivity index (χ0v) is 9.47. The van der Waals surface area contributed by atoms with Crippen molar-refractivity contribution in [3.05, 3.63) is 60.2 Å². The van der Waals surface area contributed by atoms with E-state index in [1.54, 1.807) is 0 Å². The van der Waals surface area contributed by atoms with Gasteiger partial charge in [-0.1, -0.05) is 61.6 Å². The first-order valence-electron chi connectivity index (χ1n) is 5.70. The Morgan fingerprint density at radius 3 is 2.50 bits per heavy atom. The van der Waals surface area contributed by atoms with Crippen LogP contribution in [-0.2, 0) is 0 Å². The van der Waals surface area contributed by atoms with Gasteiger partial charge in [-0.25, -0.2) is 0 Å². The zero-order chi connectivity index (χ0) is 11.4. The molecule has 2 rings (SSSR count). The van der Waals surface area contributed by atoms with Crippen LogP contribution in [0.25, 0.3) is 0 Å². The van der Waals surface area contributed by atoms with Crippen molar-refractivity contribution in [3.63, 3.8) is 0 Å². The summed E-state index contributed by atoms with van der Waals surface area (Å²) in [4.78, 5) is 12.0. The van der Waals surface area contributed by atoms with Crippen molar-refractivity contribution in [1.82, 2.24) is 0 Å². The van der Waals surface area contributed by atoms with E-state index in [-0.39, 0.29) is 5.78 Å². The Kier molecular flexibility index (Phi) is 3.35. The molecular weight excluding hydrogens is 196 g/mol. The number of Topliss-reactive ketones (excluding diaryl/α,β-unsaturated/α-hetero) is 1. The van der Waals surface area contributed by atoms with E-state index in [1.165, 1.54) is 0 Å². The summed E-state index contributed by atoms with van der Waals surface area (Å²) in [6.07, 6.45) is 8.97. The molecule has 1 aliphatic rings. The molecule has 0 saturated carbocycles. The quantitative estimate of drug-likeness (QED) is 0.699. The molecule has 0 N–H and O–H groups in total. The fourth-order valence-corrected chi connectivity index (χ4v) is 1.97. The Morgan fingerprint density at radius 2 is 1.81 bits per heavy atom. The maximum absolute atomic E-state index is 12.0. The van der Waals surface area contributed by atoms with E-state index >= 15 is 0 Å². The lowest BCUT2D eigenvalue weighted by Crippen LogP contribution is -2.14. The van der Waals surface area contributed by atoms with Crippen LogP contribution in [0, 0.1) is 11.8 Å². The fourth-order valence-electron chi connectivity index (χ4n) is 1.97. The zero-order valence-electron chi connectivity index (χ0n) is 9.47. The summed E-state index contributed by atoms with van der Waals surface area (Å²) in [5.41, 5.74) is 0.817. The largest absolute Gasteiger partial charge is 0.294 e. The first-order chi connectivity index (χ1) is 7.77. The fraction of sp³-hybridized carbons (Fsp3) is 0.267. The summed E-state index contributed by atoms with van der Waals surface area (Å²) in [5, 5.41) is 0. The van der Waals surface area contributed by atoms with E-state index in [1.807, 2.05) is 42.5 Å². The predicted molar refractivity (Wildman–Crippen MR) is 66.3 cm³/mol. The van der Waals surface area contributed by atoms with Crippen LogP contribution < -0.4 is 0 Å².